The highest BCUT2D eigenvalue weighted by molar-refractivity contribution is 7.09. The van der Waals surface area contributed by atoms with Gasteiger partial charge in [0.15, 0.2) is 5.82 Å². The van der Waals surface area contributed by atoms with Gasteiger partial charge in [0, 0.05) is 18.1 Å². The molecule has 0 bridgehead atoms. The van der Waals surface area contributed by atoms with Gasteiger partial charge in [-0.3, -0.25) is 14.2 Å². The van der Waals surface area contributed by atoms with Crippen molar-refractivity contribution in [1.29, 1.82) is 0 Å². The molecule has 1 aliphatic rings. The number of carbonyl (C=O) groups is 1. The number of nitrogens with one attached hydrogen (secondary N) is 2. The summed E-state index contributed by atoms with van der Waals surface area (Å²) in [6.07, 6.45) is 7.40. The smallest absolute Gasteiger partial charge is 0.266 e. The molecule has 0 saturated carbocycles. The Labute approximate surface area is 233 Å². The first-order valence-corrected chi connectivity index (χ1v) is 13.6. The number of fused-ring (bicyclic) bond motifs is 2. The molecule has 1 aliphatic heterocycles. The highest BCUT2D eigenvalue weighted by atomic mass is 32.1. The van der Waals surface area contributed by atoms with E-state index in [9.17, 15) is 9.59 Å². The molecule has 1 atom stereocenters. The normalized spacial score (nSPS) is 13.3. The van der Waals surface area contributed by atoms with Gasteiger partial charge in [0.25, 0.3) is 11.5 Å². The van der Waals surface area contributed by atoms with Crippen LogP contribution in [0, 0.1) is 6.92 Å². The number of thiazole rings is 1. The molecule has 4 heterocycles. The Morgan fingerprint density at radius 1 is 1.15 bits per heavy atom. The largest absolute Gasteiger partial charge is 0.381 e. The Hall–Kier alpha value is -5.03. The zero-order valence-electron chi connectivity index (χ0n) is 21.8. The quantitative estimate of drug-likeness (QED) is 0.284. The molecule has 1 amide bonds. The number of aromatic nitrogens is 5. The van der Waals surface area contributed by atoms with Crippen LogP contribution >= 0.6 is 11.3 Å². The van der Waals surface area contributed by atoms with Crippen LogP contribution in [0.25, 0.3) is 34.9 Å². The Bertz CT molecular complexity index is 1870. The van der Waals surface area contributed by atoms with Crippen molar-refractivity contribution in [3.05, 3.63) is 98.0 Å². The number of amides is 1. The van der Waals surface area contributed by atoms with Crippen LogP contribution in [-0.4, -0.2) is 36.8 Å². The summed E-state index contributed by atoms with van der Waals surface area (Å²) in [5.41, 5.74) is 8.83. The number of hydrogen-bond acceptors (Lipinski definition) is 8. The number of nitrogens with two attached hydrogens (primary N) is 1. The second-order valence-electron chi connectivity index (χ2n) is 9.33. The summed E-state index contributed by atoms with van der Waals surface area (Å²) in [7, 11) is 0. The van der Waals surface area contributed by atoms with E-state index in [4.69, 9.17) is 10.7 Å². The van der Waals surface area contributed by atoms with Crippen molar-refractivity contribution in [2.24, 2.45) is 0 Å². The topological polar surface area (TPSA) is 133 Å². The third-order valence-electron chi connectivity index (χ3n) is 6.57. The molecule has 10 nitrogen and oxygen atoms in total. The predicted octanol–water partition coefficient (Wildman–Crippen LogP) is 4.49. The second kappa shape index (κ2) is 10.3. The number of benzene rings is 2. The van der Waals surface area contributed by atoms with Crippen LogP contribution in [0.3, 0.4) is 0 Å². The number of para-hydroxylation sites is 1. The SMILES string of the molecule is Cc1nc(/C=C/c2cccc3nc(C(C)NC(=O)c4c(N)nn5c4NCC=C5)n(-c4ccccc4)c(=O)c23)cs1. The summed E-state index contributed by atoms with van der Waals surface area (Å²) in [5.74, 6) is 0.597. The molecule has 4 N–H and O–H groups in total. The average molecular weight is 551 g/mol. The van der Waals surface area contributed by atoms with E-state index < -0.39 is 11.9 Å². The monoisotopic (exact) mass is 550 g/mol. The minimum Gasteiger partial charge on any atom is -0.381 e. The zero-order chi connectivity index (χ0) is 27.8. The van der Waals surface area contributed by atoms with Gasteiger partial charge in [0.2, 0.25) is 0 Å². The molecular weight excluding hydrogens is 524 g/mol. The molecular formula is C29H26N8O2S. The van der Waals surface area contributed by atoms with E-state index in [1.54, 1.807) is 35.1 Å². The van der Waals surface area contributed by atoms with Crippen molar-refractivity contribution in [2.45, 2.75) is 19.9 Å². The van der Waals surface area contributed by atoms with Gasteiger partial charge in [-0.05, 0) is 49.8 Å². The van der Waals surface area contributed by atoms with Gasteiger partial charge in [-0.25, -0.2) is 14.6 Å². The first-order valence-electron chi connectivity index (χ1n) is 12.7. The van der Waals surface area contributed by atoms with E-state index in [0.717, 1.165) is 16.3 Å². The lowest BCUT2D eigenvalue weighted by Gasteiger charge is -2.20. The van der Waals surface area contributed by atoms with E-state index in [0.29, 0.717) is 34.8 Å². The molecule has 40 heavy (non-hydrogen) atoms. The van der Waals surface area contributed by atoms with Crippen LogP contribution in [0.15, 0.2) is 64.8 Å². The highest BCUT2D eigenvalue weighted by Crippen LogP contribution is 2.26. The summed E-state index contributed by atoms with van der Waals surface area (Å²) >= 11 is 1.57. The molecule has 1 unspecified atom stereocenters. The number of nitrogen functional groups attached to an aromatic ring is 1. The molecule has 11 heteroatoms. The van der Waals surface area contributed by atoms with Crippen molar-refractivity contribution in [3.8, 4) is 5.69 Å². The molecule has 0 fully saturated rings. The zero-order valence-corrected chi connectivity index (χ0v) is 22.6. The maximum absolute atomic E-state index is 14.2. The fraction of sp³-hybridized carbons (Fsp3) is 0.138. The Kier molecular flexibility index (Phi) is 6.48. The lowest BCUT2D eigenvalue weighted by Crippen LogP contribution is -2.34. The summed E-state index contributed by atoms with van der Waals surface area (Å²) in [6.45, 7) is 4.30. The third kappa shape index (κ3) is 4.56. The van der Waals surface area contributed by atoms with Gasteiger partial charge in [-0.1, -0.05) is 36.4 Å². The van der Waals surface area contributed by atoms with Crippen LogP contribution < -0.4 is 21.9 Å². The number of nitrogens with zero attached hydrogens (tertiary/aromatic N) is 5. The summed E-state index contributed by atoms with van der Waals surface area (Å²) in [6, 6.07) is 14.2. The maximum Gasteiger partial charge on any atom is 0.266 e. The van der Waals surface area contributed by atoms with Crippen molar-refractivity contribution < 1.29 is 4.79 Å². The van der Waals surface area contributed by atoms with Gasteiger partial charge in [0.1, 0.15) is 17.2 Å². The first-order chi connectivity index (χ1) is 19.4. The maximum atomic E-state index is 14.2. The lowest BCUT2D eigenvalue weighted by molar-refractivity contribution is 0.0939. The van der Waals surface area contributed by atoms with Crippen LogP contribution in [0.2, 0.25) is 0 Å². The third-order valence-corrected chi connectivity index (χ3v) is 7.37. The summed E-state index contributed by atoms with van der Waals surface area (Å²) in [4.78, 5) is 37.0. The molecule has 5 aromatic rings. The minimum absolute atomic E-state index is 0.109. The second-order valence-corrected chi connectivity index (χ2v) is 10.4. The Balaban J connectivity index is 1.45. The van der Waals surface area contributed by atoms with Gasteiger partial charge in [-0.15, -0.1) is 16.4 Å². The molecule has 6 rings (SSSR count). The van der Waals surface area contributed by atoms with Gasteiger partial charge in [0.05, 0.1) is 33.3 Å². The molecule has 0 saturated heterocycles. The van der Waals surface area contributed by atoms with E-state index >= 15 is 0 Å². The Morgan fingerprint density at radius 2 is 1.98 bits per heavy atom. The Morgan fingerprint density at radius 3 is 2.75 bits per heavy atom. The van der Waals surface area contributed by atoms with E-state index in [1.807, 2.05) is 73.0 Å². The van der Waals surface area contributed by atoms with Crippen LogP contribution in [0.5, 0.6) is 0 Å². The van der Waals surface area contributed by atoms with Crippen LogP contribution in [0.1, 0.15) is 45.4 Å². The molecule has 0 spiro atoms. The van der Waals surface area contributed by atoms with Gasteiger partial charge in [-0.2, -0.15) is 0 Å². The number of anilines is 2. The molecule has 200 valence electrons. The number of carbonyl (C=O) groups excluding carboxylic acids is 1. The summed E-state index contributed by atoms with van der Waals surface area (Å²) in [5, 5.41) is 13.8. The number of rotatable bonds is 6. The van der Waals surface area contributed by atoms with Crippen molar-refractivity contribution >= 4 is 58.1 Å². The van der Waals surface area contributed by atoms with Crippen LogP contribution in [-0.2, 0) is 0 Å². The highest BCUT2D eigenvalue weighted by Gasteiger charge is 2.26. The van der Waals surface area contributed by atoms with Crippen molar-refractivity contribution in [2.75, 3.05) is 17.6 Å². The minimum atomic E-state index is -0.643. The standard InChI is InChI=1S/C29H26N8O2S/c1-17(32-28(38)24-25(30)35-36-15-7-14-31-27(24)36)26-34-22-11-6-8-19(12-13-20-16-40-18(2)33-20)23(22)29(39)37(26)21-9-4-3-5-10-21/h3-13,15-17,31H,14H2,1-2H3,(H2,30,35)(H,32,38)/b13-12+. The van der Waals surface area contributed by atoms with Gasteiger partial charge >= 0.3 is 0 Å². The predicted molar refractivity (Wildman–Crippen MR) is 159 cm³/mol. The van der Waals surface area contributed by atoms with Crippen LogP contribution in [0.4, 0.5) is 11.6 Å². The molecule has 2 aromatic carbocycles. The molecule has 3 aromatic heterocycles. The molecule has 0 aliphatic carbocycles. The van der Waals surface area contributed by atoms with Crippen molar-refractivity contribution in [1.82, 2.24) is 29.6 Å². The first kappa shape index (κ1) is 25.3. The van der Waals surface area contributed by atoms with Gasteiger partial charge < -0.3 is 16.4 Å². The summed E-state index contributed by atoms with van der Waals surface area (Å²) < 4.78 is 3.09. The molecule has 0 radical (unpaired) electrons. The fourth-order valence-electron chi connectivity index (χ4n) is 4.76. The van der Waals surface area contributed by atoms with E-state index in [1.165, 1.54) is 4.68 Å². The lowest BCUT2D eigenvalue weighted by atomic mass is 10.1. The average Bonchev–Trinajstić information content (AvgIpc) is 3.53. The van der Waals surface area contributed by atoms with E-state index in [-0.39, 0.29) is 16.9 Å². The number of hydrogen-bond donors (Lipinski definition) is 3. The van der Waals surface area contributed by atoms with Crippen molar-refractivity contribution in [3.63, 3.8) is 0 Å². The number of aryl methyl sites for hydroxylation is 1. The fourth-order valence-corrected chi connectivity index (χ4v) is 5.34. The van der Waals surface area contributed by atoms with E-state index in [2.05, 4.69) is 20.7 Å².